The predicted octanol–water partition coefficient (Wildman–Crippen LogP) is -0.565. The van der Waals surface area contributed by atoms with Crippen LogP contribution in [0.4, 0.5) is 0 Å². The Morgan fingerprint density at radius 2 is 2.30 bits per heavy atom. The van der Waals surface area contributed by atoms with Crippen LogP contribution in [0.1, 0.15) is 12.8 Å². The minimum Gasteiger partial charge on any atom is -0.396 e. The zero-order chi connectivity index (χ0) is 7.40. The van der Waals surface area contributed by atoms with Crippen LogP contribution in [-0.2, 0) is 0 Å². The van der Waals surface area contributed by atoms with E-state index in [2.05, 4.69) is 4.90 Å². The maximum Gasteiger partial charge on any atom is 0.0679 e. The SMILES string of the molecule is OCCCN1CC[C@@H](O)C1. The second-order valence-electron chi connectivity index (χ2n) is 2.82. The molecule has 1 fully saturated rings. The molecule has 0 saturated carbocycles. The number of rotatable bonds is 3. The van der Waals surface area contributed by atoms with Crippen molar-refractivity contribution in [2.75, 3.05) is 26.2 Å². The molecular formula is C7H15NO2. The van der Waals surface area contributed by atoms with Crippen LogP contribution in [0.3, 0.4) is 0 Å². The molecule has 1 rings (SSSR count). The second kappa shape index (κ2) is 3.91. The predicted molar refractivity (Wildman–Crippen MR) is 38.8 cm³/mol. The topological polar surface area (TPSA) is 43.7 Å². The van der Waals surface area contributed by atoms with E-state index in [4.69, 9.17) is 10.2 Å². The van der Waals surface area contributed by atoms with Crippen molar-refractivity contribution < 1.29 is 10.2 Å². The lowest BCUT2D eigenvalue weighted by Gasteiger charge is -2.12. The Balaban J connectivity index is 2.06. The molecule has 2 N–H and O–H groups in total. The van der Waals surface area contributed by atoms with E-state index in [9.17, 15) is 0 Å². The molecule has 0 aliphatic carbocycles. The first-order valence-corrected chi connectivity index (χ1v) is 3.84. The molecule has 0 radical (unpaired) electrons. The second-order valence-corrected chi connectivity index (χ2v) is 2.82. The number of β-amino-alcohol motifs (C(OH)–C–C–N with tert-alkyl or cyclic N) is 1. The Morgan fingerprint density at radius 3 is 2.80 bits per heavy atom. The Hall–Kier alpha value is -0.120. The smallest absolute Gasteiger partial charge is 0.0679 e. The van der Waals surface area contributed by atoms with Gasteiger partial charge >= 0.3 is 0 Å². The number of hydrogen-bond donors (Lipinski definition) is 2. The van der Waals surface area contributed by atoms with Crippen molar-refractivity contribution >= 4 is 0 Å². The normalized spacial score (nSPS) is 27.6. The first-order chi connectivity index (χ1) is 4.83. The van der Waals surface area contributed by atoms with Crippen LogP contribution in [0.15, 0.2) is 0 Å². The molecular weight excluding hydrogens is 130 g/mol. The van der Waals surface area contributed by atoms with E-state index in [0.717, 1.165) is 32.5 Å². The Kier molecular flexibility index (Phi) is 3.12. The van der Waals surface area contributed by atoms with Crippen molar-refractivity contribution in [2.24, 2.45) is 0 Å². The van der Waals surface area contributed by atoms with Gasteiger partial charge in [-0.25, -0.2) is 0 Å². The van der Waals surface area contributed by atoms with E-state index in [-0.39, 0.29) is 12.7 Å². The molecule has 1 heterocycles. The van der Waals surface area contributed by atoms with Gasteiger partial charge in [-0.2, -0.15) is 0 Å². The lowest BCUT2D eigenvalue weighted by molar-refractivity contribution is 0.172. The standard InChI is InChI=1S/C7H15NO2/c9-5-1-3-8-4-2-7(10)6-8/h7,9-10H,1-6H2/t7-/m1/s1. The summed E-state index contributed by atoms with van der Waals surface area (Å²) in [5, 5.41) is 17.6. The molecule has 60 valence electrons. The van der Waals surface area contributed by atoms with Crippen molar-refractivity contribution in [3.8, 4) is 0 Å². The van der Waals surface area contributed by atoms with Gasteiger partial charge in [0.2, 0.25) is 0 Å². The van der Waals surface area contributed by atoms with Gasteiger partial charge in [0.1, 0.15) is 0 Å². The maximum atomic E-state index is 9.09. The molecule has 0 spiro atoms. The molecule has 3 nitrogen and oxygen atoms in total. The summed E-state index contributed by atoms with van der Waals surface area (Å²) in [4.78, 5) is 2.18. The molecule has 1 aliphatic heterocycles. The average Bonchev–Trinajstić information content (AvgIpc) is 2.31. The van der Waals surface area contributed by atoms with E-state index in [1.54, 1.807) is 0 Å². The Bertz CT molecular complexity index is 97.6. The van der Waals surface area contributed by atoms with Crippen molar-refractivity contribution in [3.05, 3.63) is 0 Å². The van der Waals surface area contributed by atoms with Crippen LogP contribution in [0.25, 0.3) is 0 Å². The van der Waals surface area contributed by atoms with Gasteiger partial charge in [-0.15, -0.1) is 0 Å². The van der Waals surface area contributed by atoms with Crippen molar-refractivity contribution in [2.45, 2.75) is 18.9 Å². The molecule has 1 saturated heterocycles. The van der Waals surface area contributed by atoms with Crippen molar-refractivity contribution in [1.82, 2.24) is 4.90 Å². The Labute approximate surface area is 61.3 Å². The zero-order valence-electron chi connectivity index (χ0n) is 6.16. The molecule has 0 bridgehead atoms. The Morgan fingerprint density at radius 1 is 1.50 bits per heavy atom. The third kappa shape index (κ3) is 2.25. The van der Waals surface area contributed by atoms with E-state index in [1.165, 1.54) is 0 Å². The van der Waals surface area contributed by atoms with E-state index < -0.39 is 0 Å². The van der Waals surface area contributed by atoms with Crippen LogP contribution < -0.4 is 0 Å². The van der Waals surface area contributed by atoms with Gasteiger partial charge in [0.25, 0.3) is 0 Å². The van der Waals surface area contributed by atoms with Gasteiger partial charge in [-0.05, 0) is 12.8 Å². The molecule has 0 unspecified atom stereocenters. The van der Waals surface area contributed by atoms with Gasteiger partial charge in [-0.3, -0.25) is 0 Å². The van der Waals surface area contributed by atoms with E-state index >= 15 is 0 Å². The fraction of sp³-hybridized carbons (Fsp3) is 1.00. The highest BCUT2D eigenvalue weighted by molar-refractivity contribution is 4.73. The minimum atomic E-state index is -0.126. The first kappa shape index (κ1) is 7.98. The summed E-state index contributed by atoms with van der Waals surface area (Å²) in [6.07, 6.45) is 1.59. The van der Waals surface area contributed by atoms with Crippen molar-refractivity contribution in [3.63, 3.8) is 0 Å². The number of nitrogens with zero attached hydrogens (tertiary/aromatic N) is 1. The third-order valence-corrected chi connectivity index (χ3v) is 1.88. The zero-order valence-corrected chi connectivity index (χ0v) is 6.16. The summed E-state index contributed by atoms with van der Waals surface area (Å²) < 4.78 is 0. The molecule has 1 atom stereocenters. The fourth-order valence-electron chi connectivity index (χ4n) is 1.31. The van der Waals surface area contributed by atoms with Gasteiger partial charge in [0.15, 0.2) is 0 Å². The van der Waals surface area contributed by atoms with Crippen LogP contribution in [0.2, 0.25) is 0 Å². The monoisotopic (exact) mass is 145 g/mol. The number of aliphatic hydroxyl groups is 2. The molecule has 0 aromatic heterocycles. The highest BCUT2D eigenvalue weighted by atomic mass is 16.3. The number of hydrogen-bond acceptors (Lipinski definition) is 3. The largest absolute Gasteiger partial charge is 0.396 e. The van der Waals surface area contributed by atoms with E-state index in [0.29, 0.717) is 0 Å². The maximum absolute atomic E-state index is 9.09. The summed E-state index contributed by atoms with van der Waals surface area (Å²) in [7, 11) is 0. The van der Waals surface area contributed by atoms with Crippen LogP contribution in [0.5, 0.6) is 0 Å². The lowest BCUT2D eigenvalue weighted by Crippen LogP contribution is -2.23. The van der Waals surface area contributed by atoms with Gasteiger partial charge < -0.3 is 15.1 Å². The van der Waals surface area contributed by atoms with Gasteiger partial charge in [0.05, 0.1) is 6.10 Å². The van der Waals surface area contributed by atoms with Crippen molar-refractivity contribution in [1.29, 1.82) is 0 Å². The molecule has 10 heavy (non-hydrogen) atoms. The molecule has 0 aromatic carbocycles. The highest BCUT2D eigenvalue weighted by Gasteiger charge is 2.18. The molecule has 1 aliphatic rings. The minimum absolute atomic E-state index is 0.126. The summed E-state index contributed by atoms with van der Waals surface area (Å²) in [5.74, 6) is 0. The summed E-state index contributed by atoms with van der Waals surface area (Å²) in [6, 6.07) is 0. The molecule has 0 aromatic rings. The highest BCUT2D eigenvalue weighted by Crippen LogP contribution is 2.07. The molecule has 0 amide bonds. The third-order valence-electron chi connectivity index (χ3n) is 1.88. The average molecular weight is 145 g/mol. The number of likely N-dealkylation sites (tertiary alicyclic amines) is 1. The summed E-state index contributed by atoms with van der Waals surface area (Å²) >= 11 is 0. The molecule has 3 heteroatoms. The van der Waals surface area contributed by atoms with Gasteiger partial charge in [-0.1, -0.05) is 0 Å². The van der Waals surface area contributed by atoms with Crippen LogP contribution >= 0.6 is 0 Å². The first-order valence-electron chi connectivity index (χ1n) is 3.84. The quantitative estimate of drug-likeness (QED) is 0.559. The van der Waals surface area contributed by atoms with Crippen LogP contribution in [-0.4, -0.2) is 47.5 Å². The van der Waals surface area contributed by atoms with Gasteiger partial charge in [0, 0.05) is 26.2 Å². The lowest BCUT2D eigenvalue weighted by atomic mass is 10.3. The summed E-state index contributed by atoms with van der Waals surface area (Å²) in [5.41, 5.74) is 0. The summed E-state index contributed by atoms with van der Waals surface area (Å²) in [6.45, 7) is 2.96. The van der Waals surface area contributed by atoms with E-state index in [1.807, 2.05) is 0 Å². The number of aliphatic hydroxyl groups excluding tert-OH is 2. The fourth-order valence-corrected chi connectivity index (χ4v) is 1.31. The van der Waals surface area contributed by atoms with Crippen LogP contribution in [0, 0.1) is 0 Å².